The minimum absolute atomic E-state index is 0.0679. The van der Waals surface area contributed by atoms with E-state index in [0.717, 1.165) is 19.3 Å². The molecule has 1 heterocycles. The number of rotatable bonds is 6. The minimum atomic E-state index is -0.0679. The Balaban J connectivity index is 2.08. The van der Waals surface area contributed by atoms with Crippen LogP contribution in [0.2, 0.25) is 0 Å². The van der Waals surface area contributed by atoms with E-state index in [1.807, 2.05) is 4.90 Å². The number of aliphatic hydroxyl groups is 1. The van der Waals surface area contributed by atoms with Gasteiger partial charge in [-0.25, -0.2) is 4.98 Å². The fourth-order valence-electron chi connectivity index (χ4n) is 2.14. The summed E-state index contributed by atoms with van der Waals surface area (Å²) >= 11 is 0. The van der Waals surface area contributed by atoms with Crippen LogP contribution in [0.4, 0.5) is 5.69 Å². The van der Waals surface area contributed by atoms with Crippen LogP contribution in [0.15, 0.2) is 18.3 Å². The molecule has 19 heavy (non-hydrogen) atoms. The van der Waals surface area contributed by atoms with Crippen molar-refractivity contribution in [1.29, 1.82) is 0 Å². The first-order chi connectivity index (χ1) is 9.26. The monoisotopic (exact) mass is 264 g/mol. The number of nitrogens with one attached hydrogen (secondary N) is 1. The van der Waals surface area contributed by atoms with Crippen LogP contribution in [0, 0.1) is 0 Å². The van der Waals surface area contributed by atoms with Crippen LogP contribution >= 0.6 is 0 Å². The number of pyridine rings is 1. The summed E-state index contributed by atoms with van der Waals surface area (Å²) in [6, 6.07) is 3.70. The lowest BCUT2D eigenvalue weighted by atomic mass is 9.91. The van der Waals surface area contributed by atoms with Crippen LogP contribution in [0.1, 0.15) is 36.2 Å². The van der Waals surface area contributed by atoms with Gasteiger partial charge in [0.2, 0.25) is 0 Å². The van der Waals surface area contributed by atoms with E-state index >= 15 is 0 Å². The molecule has 0 saturated heterocycles. The van der Waals surface area contributed by atoms with Crippen LogP contribution in [0.5, 0.6) is 0 Å². The molecule has 2 rings (SSSR count). The SMILES string of the molecule is NNc1ccc(C(=O)N(CCCO)C2CCC2)nc1. The summed E-state index contributed by atoms with van der Waals surface area (Å²) in [5, 5.41) is 8.93. The number of hydrazine groups is 1. The molecule has 1 fully saturated rings. The first-order valence-electron chi connectivity index (χ1n) is 6.60. The molecule has 6 heteroatoms. The molecule has 1 amide bonds. The lowest BCUT2D eigenvalue weighted by Crippen LogP contribution is -2.45. The third-order valence-corrected chi connectivity index (χ3v) is 3.48. The molecule has 0 unspecified atom stereocenters. The van der Waals surface area contributed by atoms with Crippen LogP contribution in [0.25, 0.3) is 0 Å². The zero-order valence-electron chi connectivity index (χ0n) is 10.9. The Morgan fingerprint density at radius 3 is 2.79 bits per heavy atom. The first-order valence-corrected chi connectivity index (χ1v) is 6.60. The summed E-state index contributed by atoms with van der Waals surface area (Å²) in [4.78, 5) is 18.4. The van der Waals surface area contributed by atoms with Crippen LogP contribution in [-0.4, -0.2) is 40.1 Å². The molecule has 6 nitrogen and oxygen atoms in total. The number of aromatic nitrogens is 1. The second kappa shape index (κ2) is 6.49. The zero-order chi connectivity index (χ0) is 13.7. The van der Waals surface area contributed by atoms with Gasteiger partial charge in [-0.1, -0.05) is 0 Å². The van der Waals surface area contributed by atoms with E-state index in [4.69, 9.17) is 10.9 Å². The summed E-state index contributed by atoms with van der Waals surface area (Å²) in [6.07, 6.45) is 5.39. The minimum Gasteiger partial charge on any atom is -0.396 e. The van der Waals surface area contributed by atoms with Gasteiger partial charge in [-0.05, 0) is 37.8 Å². The van der Waals surface area contributed by atoms with E-state index in [1.54, 1.807) is 12.1 Å². The van der Waals surface area contributed by atoms with Gasteiger partial charge in [0.1, 0.15) is 5.69 Å². The van der Waals surface area contributed by atoms with E-state index in [-0.39, 0.29) is 12.5 Å². The van der Waals surface area contributed by atoms with Crippen molar-refractivity contribution >= 4 is 11.6 Å². The lowest BCUT2D eigenvalue weighted by Gasteiger charge is -2.37. The molecule has 1 aromatic rings. The zero-order valence-corrected chi connectivity index (χ0v) is 10.9. The van der Waals surface area contributed by atoms with Crippen molar-refractivity contribution in [2.24, 2.45) is 5.84 Å². The Kier molecular flexibility index (Phi) is 4.70. The highest BCUT2D eigenvalue weighted by Crippen LogP contribution is 2.26. The van der Waals surface area contributed by atoms with Gasteiger partial charge in [-0.15, -0.1) is 0 Å². The molecule has 0 radical (unpaired) electrons. The van der Waals surface area contributed by atoms with Crippen molar-refractivity contribution in [3.05, 3.63) is 24.0 Å². The lowest BCUT2D eigenvalue weighted by molar-refractivity contribution is 0.0556. The maximum Gasteiger partial charge on any atom is 0.272 e. The Morgan fingerprint density at radius 1 is 1.53 bits per heavy atom. The number of hydrogen-bond acceptors (Lipinski definition) is 5. The summed E-state index contributed by atoms with van der Waals surface area (Å²) in [5.74, 6) is 5.20. The topological polar surface area (TPSA) is 91.5 Å². The quantitative estimate of drug-likeness (QED) is 0.521. The number of carbonyl (C=O) groups excluding carboxylic acids is 1. The maximum absolute atomic E-state index is 12.4. The van der Waals surface area contributed by atoms with Crippen molar-refractivity contribution < 1.29 is 9.90 Å². The third kappa shape index (κ3) is 3.21. The number of anilines is 1. The molecule has 0 aromatic carbocycles. The number of nitrogens with two attached hydrogens (primary N) is 1. The smallest absolute Gasteiger partial charge is 0.272 e. The molecule has 0 bridgehead atoms. The first kappa shape index (κ1) is 13.8. The van der Waals surface area contributed by atoms with E-state index in [9.17, 15) is 4.79 Å². The van der Waals surface area contributed by atoms with Crippen LogP contribution in [0.3, 0.4) is 0 Å². The molecular weight excluding hydrogens is 244 g/mol. The standard InChI is InChI=1S/C13H20N4O2/c14-16-10-5-6-12(15-9-10)13(19)17(7-2-8-18)11-3-1-4-11/h5-6,9,11,16,18H,1-4,7-8,14H2. The van der Waals surface area contributed by atoms with Crippen molar-refractivity contribution in [2.45, 2.75) is 31.7 Å². The molecule has 1 aliphatic rings. The van der Waals surface area contributed by atoms with Crippen LogP contribution < -0.4 is 11.3 Å². The average molecular weight is 264 g/mol. The highest BCUT2D eigenvalue weighted by atomic mass is 16.3. The molecule has 1 aliphatic carbocycles. The summed E-state index contributed by atoms with van der Waals surface area (Å²) in [7, 11) is 0. The number of nitrogen functional groups attached to an aromatic ring is 1. The molecule has 104 valence electrons. The van der Waals surface area contributed by atoms with Gasteiger partial charge in [-0.2, -0.15) is 0 Å². The highest BCUT2D eigenvalue weighted by Gasteiger charge is 2.29. The maximum atomic E-state index is 12.4. The second-order valence-electron chi connectivity index (χ2n) is 4.74. The fraction of sp³-hybridized carbons (Fsp3) is 0.538. The van der Waals surface area contributed by atoms with Crippen molar-refractivity contribution in [3.63, 3.8) is 0 Å². The molecule has 0 atom stereocenters. The molecule has 0 aliphatic heterocycles. The average Bonchev–Trinajstić information content (AvgIpc) is 2.40. The summed E-state index contributed by atoms with van der Waals surface area (Å²) in [5.41, 5.74) is 3.57. The van der Waals surface area contributed by atoms with Gasteiger partial charge in [0.25, 0.3) is 5.91 Å². The molecule has 4 N–H and O–H groups in total. The van der Waals surface area contributed by atoms with Gasteiger partial charge in [-0.3, -0.25) is 10.6 Å². The number of hydrogen-bond donors (Lipinski definition) is 3. The predicted octanol–water partition coefficient (Wildman–Crippen LogP) is 0.744. The Labute approximate surface area is 112 Å². The Bertz CT molecular complexity index is 417. The van der Waals surface area contributed by atoms with E-state index in [1.165, 1.54) is 6.20 Å². The molecule has 1 aromatic heterocycles. The van der Waals surface area contributed by atoms with E-state index in [2.05, 4.69) is 10.4 Å². The second-order valence-corrected chi connectivity index (χ2v) is 4.74. The fourth-order valence-corrected chi connectivity index (χ4v) is 2.14. The number of aliphatic hydroxyl groups excluding tert-OH is 1. The number of nitrogens with zero attached hydrogens (tertiary/aromatic N) is 2. The van der Waals surface area contributed by atoms with Gasteiger partial charge in [0, 0.05) is 19.2 Å². The van der Waals surface area contributed by atoms with E-state index in [0.29, 0.717) is 30.4 Å². The molecular formula is C13H20N4O2. The normalized spacial score (nSPS) is 14.8. The predicted molar refractivity (Wildman–Crippen MR) is 72.4 cm³/mol. The molecule has 0 spiro atoms. The van der Waals surface area contributed by atoms with Crippen LogP contribution in [-0.2, 0) is 0 Å². The summed E-state index contributed by atoms with van der Waals surface area (Å²) < 4.78 is 0. The highest BCUT2D eigenvalue weighted by molar-refractivity contribution is 5.92. The van der Waals surface area contributed by atoms with Crippen molar-refractivity contribution in [1.82, 2.24) is 9.88 Å². The third-order valence-electron chi connectivity index (χ3n) is 3.48. The Morgan fingerprint density at radius 2 is 2.32 bits per heavy atom. The van der Waals surface area contributed by atoms with Crippen molar-refractivity contribution in [3.8, 4) is 0 Å². The Hall–Kier alpha value is -1.66. The van der Waals surface area contributed by atoms with Crippen molar-refractivity contribution in [2.75, 3.05) is 18.6 Å². The van der Waals surface area contributed by atoms with Gasteiger partial charge < -0.3 is 15.4 Å². The number of amides is 1. The van der Waals surface area contributed by atoms with E-state index < -0.39 is 0 Å². The van der Waals surface area contributed by atoms with Gasteiger partial charge in [0.05, 0.1) is 11.9 Å². The van der Waals surface area contributed by atoms with Gasteiger partial charge in [0.15, 0.2) is 0 Å². The molecule has 1 saturated carbocycles. The summed E-state index contributed by atoms with van der Waals surface area (Å²) in [6.45, 7) is 0.679. The number of carbonyl (C=O) groups is 1. The largest absolute Gasteiger partial charge is 0.396 e. The van der Waals surface area contributed by atoms with Gasteiger partial charge >= 0.3 is 0 Å².